The monoisotopic (exact) mass is 178 g/mol. The Morgan fingerprint density at radius 1 is 1.46 bits per heavy atom. The van der Waals surface area contributed by atoms with Gasteiger partial charge >= 0.3 is 0 Å². The summed E-state index contributed by atoms with van der Waals surface area (Å²) in [5, 5.41) is 0. The maximum Gasteiger partial charge on any atom is 0.165 e. The van der Waals surface area contributed by atoms with Gasteiger partial charge in [0.05, 0.1) is 12.5 Å². The molecular weight excluding hydrogens is 168 g/mol. The van der Waals surface area contributed by atoms with Crippen LogP contribution in [0, 0.1) is 0 Å². The summed E-state index contributed by atoms with van der Waals surface area (Å²) in [5.41, 5.74) is 1.58. The van der Waals surface area contributed by atoms with Gasteiger partial charge in [-0.2, -0.15) is 0 Å². The predicted octanol–water partition coefficient (Wildman–Crippen LogP) is 0.991. The van der Waals surface area contributed by atoms with E-state index in [2.05, 4.69) is 15.0 Å². The minimum absolute atomic E-state index is 0.0556. The molecule has 0 spiro atoms. The van der Waals surface area contributed by atoms with Crippen LogP contribution in [0.5, 0.6) is 0 Å². The van der Waals surface area contributed by atoms with Crippen molar-refractivity contribution in [1.82, 2.24) is 19.5 Å². The van der Waals surface area contributed by atoms with Crippen molar-refractivity contribution in [2.75, 3.05) is 7.11 Å². The van der Waals surface area contributed by atoms with Gasteiger partial charge < -0.3 is 4.74 Å². The van der Waals surface area contributed by atoms with Gasteiger partial charge in [-0.15, -0.1) is 0 Å². The Morgan fingerprint density at radius 2 is 2.31 bits per heavy atom. The third-order valence-electron chi connectivity index (χ3n) is 1.97. The molecule has 0 aliphatic carbocycles. The molecule has 0 fully saturated rings. The van der Waals surface area contributed by atoms with Crippen molar-refractivity contribution >= 4 is 11.2 Å². The van der Waals surface area contributed by atoms with Gasteiger partial charge in [0.25, 0.3) is 0 Å². The molecule has 2 rings (SSSR count). The molecule has 1 unspecified atom stereocenters. The lowest BCUT2D eigenvalue weighted by Crippen LogP contribution is -2.06. The number of nitrogens with zero attached hydrogens (tertiary/aromatic N) is 4. The molecule has 0 aliphatic heterocycles. The Morgan fingerprint density at radius 3 is 3.08 bits per heavy atom. The topological polar surface area (TPSA) is 52.8 Å². The largest absolute Gasteiger partial charge is 0.361 e. The summed E-state index contributed by atoms with van der Waals surface area (Å²) >= 11 is 0. The summed E-state index contributed by atoms with van der Waals surface area (Å²) in [6.07, 6.45) is 4.83. The van der Waals surface area contributed by atoms with Crippen LogP contribution in [-0.4, -0.2) is 26.6 Å². The molecule has 13 heavy (non-hydrogen) atoms. The molecule has 0 aromatic carbocycles. The van der Waals surface area contributed by atoms with Crippen LogP contribution < -0.4 is 0 Å². The molecule has 5 heteroatoms. The SMILES string of the molecule is COC(C)n1cnc2cncnc21. The van der Waals surface area contributed by atoms with Crippen LogP contribution >= 0.6 is 0 Å². The Hall–Kier alpha value is -1.49. The lowest BCUT2D eigenvalue weighted by atomic mass is 10.5. The van der Waals surface area contributed by atoms with Crippen molar-refractivity contribution in [3.8, 4) is 0 Å². The molecule has 0 saturated heterocycles. The second-order valence-electron chi connectivity index (χ2n) is 2.72. The van der Waals surface area contributed by atoms with Crippen LogP contribution in [0.2, 0.25) is 0 Å². The molecule has 2 aromatic heterocycles. The van der Waals surface area contributed by atoms with Gasteiger partial charge in [-0.25, -0.2) is 15.0 Å². The van der Waals surface area contributed by atoms with E-state index in [4.69, 9.17) is 4.74 Å². The van der Waals surface area contributed by atoms with Crippen LogP contribution in [0.15, 0.2) is 18.9 Å². The average molecular weight is 178 g/mol. The van der Waals surface area contributed by atoms with Crippen LogP contribution in [-0.2, 0) is 4.74 Å². The maximum absolute atomic E-state index is 5.17. The zero-order valence-corrected chi connectivity index (χ0v) is 7.51. The van der Waals surface area contributed by atoms with Crippen LogP contribution in [0.3, 0.4) is 0 Å². The van der Waals surface area contributed by atoms with Gasteiger partial charge in [0, 0.05) is 7.11 Å². The second-order valence-corrected chi connectivity index (χ2v) is 2.72. The molecule has 0 saturated carbocycles. The third-order valence-corrected chi connectivity index (χ3v) is 1.97. The van der Waals surface area contributed by atoms with E-state index in [1.807, 2.05) is 11.5 Å². The molecule has 0 bridgehead atoms. The van der Waals surface area contributed by atoms with Gasteiger partial charge in [0.15, 0.2) is 5.65 Å². The molecule has 2 aromatic rings. The first-order valence-corrected chi connectivity index (χ1v) is 3.98. The van der Waals surface area contributed by atoms with Gasteiger partial charge in [0.1, 0.15) is 18.1 Å². The summed E-state index contributed by atoms with van der Waals surface area (Å²) in [5.74, 6) is 0. The molecule has 68 valence electrons. The summed E-state index contributed by atoms with van der Waals surface area (Å²) < 4.78 is 7.02. The molecule has 1 atom stereocenters. The van der Waals surface area contributed by atoms with Gasteiger partial charge in [0.2, 0.25) is 0 Å². The van der Waals surface area contributed by atoms with E-state index < -0.39 is 0 Å². The van der Waals surface area contributed by atoms with E-state index in [9.17, 15) is 0 Å². The molecule has 2 heterocycles. The average Bonchev–Trinajstić information content (AvgIpc) is 2.60. The van der Waals surface area contributed by atoms with E-state index in [1.54, 1.807) is 19.6 Å². The van der Waals surface area contributed by atoms with Crippen LogP contribution in [0.4, 0.5) is 0 Å². The molecule has 0 N–H and O–H groups in total. The highest BCUT2D eigenvalue weighted by Gasteiger charge is 2.08. The minimum Gasteiger partial charge on any atom is -0.361 e. The minimum atomic E-state index is -0.0556. The van der Waals surface area contributed by atoms with Crippen molar-refractivity contribution in [1.29, 1.82) is 0 Å². The number of methoxy groups -OCH3 is 1. The van der Waals surface area contributed by atoms with E-state index in [0.717, 1.165) is 11.2 Å². The quantitative estimate of drug-likeness (QED) is 0.688. The number of ether oxygens (including phenoxy) is 1. The zero-order chi connectivity index (χ0) is 9.26. The Kier molecular flexibility index (Phi) is 1.94. The van der Waals surface area contributed by atoms with Crippen LogP contribution in [0.1, 0.15) is 13.2 Å². The van der Waals surface area contributed by atoms with Gasteiger partial charge in [-0.05, 0) is 6.92 Å². The summed E-state index contributed by atoms with van der Waals surface area (Å²) in [6, 6.07) is 0. The Labute approximate surface area is 75.4 Å². The fourth-order valence-electron chi connectivity index (χ4n) is 1.16. The van der Waals surface area contributed by atoms with Crippen molar-refractivity contribution in [3.05, 3.63) is 18.9 Å². The summed E-state index contributed by atoms with van der Waals surface area (Å²) in [4.78, 5) is 12.1. The lowest BCUT2D eigenvalue weighted by Gasteiger charge is -2.10. The predicted molar refractivity (Wildman–Crippen MR) is 47.0 cm³/mol. The van der Waals surface area contributed by atoms with E-state index in [1.165, 1.54) is 6.33 Å². The number of hydrogen-bond donors (Lipinski definition) is 0. The van der Waals surface area contributed by atoms with E-state index in [0.29, 0.717) is 0 Å². The number of hydrogen-bond acceptors (Lipinski definition) is 4. The summed E-state index contributed by atoms with van der Waals surface area (Å²) in [7, 11) is 1.65. The normalized spacial score (nSPS) is 13.4. The zero-order valence-electron chi connectivity index (χ0n) is 7.51. The molecule has 0 aliphatic rings. The Balaban J connectivity index is 2.57. The molecule has 0 radical (unpaired) electrons. The highest BCUT2D eigenvalue weighted by molar-refractivity contribution is 5.68. The first-order valence-electron chi connectivity index (χ1n) is 3.98. The van der Waals surface area contributed by atoms with Crippen molar-refractivity contribution in [2.24, 2.45) is 0 Å². The number of imidazole rings is 1. The molecular formula is C8H10N4O. The first-order chi connectivity index (χ1) is 6.33. The van der Waals surface area contributed by atoms with Crippen molar-refractivity contribution in [2.45, 2.75) is 13.2 Å². The van der Waals surface area contributed by atoms with E-state index >= 15 is 0 Å². The number of aromatic nitrogens is 4. The molecule has 5 nitrogen and oxygen atoms in total. The number of fused-ring (bicyclic) bond motifs is 1. The van der Waals surface area contributed by atoms with Crippen molar-refractivity contribution in [3.63, 3.8) is 0 Å². The third kappa shape index (κ3) is 1.27. The number of rotatable bonds is 2. The van der Waals surface area contributed by atoms with Gasteiger partial charge in [-0.3, -0.25) is 4.57 Å². The lowest BCUT2D eigenvalue weighted by molar-refractivity contribution is 0.0633. The van der Waals surface area contributed by atoms with Crippen molar-refractivity contribution < 1.29 is 4.74 Å². The smallest absolute Gasteiger partial charge is 0.165 e. The highest BCUT2D eigenvalue weighted by atomic mass is 16.5. The van der Waals surface area contributed by atoms with E-state index in [-0.39, 0.29) is 6.23 Å². The van der Waals surface area contributed by atoms with Gasteiger partial charge in [-0.1, -0.05) is 0 Å². The fraction of sp³-hybridized carbons (Fsp3) is 0.375. The molecule has 0 amide bonds. The Bertz CT molecular complexity index is 411. The maximum atomic E-state index is 5.17. The first kappa shape index (κ1) is 8.12. The summed E-state index contributed by atoms with van der Waals surface area (Å²) in [6.45, 7) is 1.93. The standard InChI is InChI=1S/C8H10N4O/c1-6(13-2)12-5-11-7-3-9-4-10-8(7)12/h3-6H,1-2H3. The van der Waals surface area contributed by atoms with Crippen LogP contribution in [0.25, 0.3) is 11.2 Å². The fourth-order valence-corrected chi connectivity index (χ4v) is 1.16. The second kappa shape index (κ2) is 3.10. The highest BCUT2D eigenvalue weighted by Crippen LogP contribution is 2.13.